The highest BCUT2D eigenvalue weighted by atomic mass is 79.9. The SMILES string of the molecule is COc1ccc(OC)c(C2CC(=O)C3=C(C2)Nc2ccccc2NC3c2ccc(OC)c(Br)c2)c1. The number of hydrogen-bond donors (Lipinski definition) is 2. The van der Waals surface area contributed by atoms with E-state index in [9.17, 15) is 4.79 Å². The van der Waals surface area contributed by atoms with E-state index in [1.807, 2.05) is 60.7 Å². The van der Waals surface area contributed by atoms with Crippen molar-refractivity contribution in [1.29, 1.82) is 0 Å². The normalized spacial score (nSPS) is 19.0. The van der Waals surface area contributed by atoms with Crippen LogP contribution >= 0.6 is 15.9 Å². The largest absolute Gasteiger partial charge is 0.497 e. The number of para-hydroxylation sites is 2. The summed E-state index contributed by atoms with van der Waals surface area (Å²) in [6, 6.07) is 19.4. The molecule has 7 heteroatoms. The molecule has 0 radical (unpaired) electrons. The fourth-order valence-corrected chi connectivity index (χ4v) is 5.54. The van der Waals surface area contributed by atoms with Gasteiger partial charge >= 0.3 is 0 Å². The summed E-state index contributed by atoms with van der Waals surface area (Å²) in [5.74, 6) is 2.32. The molecule has 6 nitrogen and oxygen atoms in total. The van der Waals surface area contributed by atoms with E-state index in [0.717, 1.165) is 55.5 Å². The van der Waals surface area contributed by atoms with Gasteiger partial charge in [-0.2, -0.15) is 0 Å². The minimum atomic E-state index is -0.302. The van der Waals surface area contributed by atoms with Gasteiger partial charge in [0, 0.05) is 29.2 Å². The van der Waals surface area contributed by atoms with E-state index in [0.29, 0.717) is 12.8 Å². The van der Waals surface area contributed by atoms with E-state index in [2.05, 4.69) is 26.6 Å². The molecule has 2 atom stereocenters. The van der Waals surface area contributed by atoms with E-state index < -0.39 is 0 Å². The van der Waals surface area contributed by atoms with Crippen LogP contribution in [0, 0.1) is 0 Å². The summed E-state index contributed by atoms with van der Waals surface area (Å²) in [4.78, 5) is 13.8. The monoisotopic (exact) mass is 534 g/mol. The van der Waals surface area contributed by atoms with E-state index in [4.69, 9.17) is 14.2 Å². The van der Waals surface area contributed by atoms with Crippen LogP contribution in [0.2, 0.25) is 0 Å². The second-order valence-corrected chi connectivity index (χ2v) is 9.52. The number of fused-ring (bicyclic) bond motifs is 1. The fraction of sp³-hybridized carbons (Fsp3) is 0.250. The molecule has 35 heavy (non-hydrogen) atoms. The summed E-state index contributed by atoms with van der Waals surface area (Å²) >= 11 is 3.60. The summed E-state index contributed by atoms with van der Waals surface area (Å²) in [6.07, 6.45) is 1.06. The van der Waals surface area contributed by atoms with Gasteiger partial charge in [-0.3, -0.25) is 4.79 Å². The fourth-order valence-electron chi connectivity index (χ4n) is 4.98. The number of Topliss-reactive ketones (excluding diaryl/α,β-unsaturated/α-hetero) is 1. The summed E-state index contributed by atoms with van der Waals surface area (Å²) in [7, 11) is 4.94. The van der Waals surface area contributed by atoms with Crippen LogP contribution in [-0.4, -0.2) is 27.1 Å². The molecule has 0 spiro atoms. The highest BCUT2D eigenvalue weighted by Gasteiger charge is 2.37. The van der Waals surface area contributed by atoms with Gasteiger partial charge in [0.1, 0.15) is 17.2 Å². The third kappa shape index (κ3) is 4.36. The number of anilines is 2. The number of carbonyl (C=O) groups excluding carboxylic acids is 1. The summed E-state index contributed by atoms with van der Waals surface area (Å²) in [6.45, 7) is 0. The van der Waals surface area contributed by atoms with Gasteiger partial charge in [0.2, 0.25) is 0 Å². The number of rotatable bonds is 5. The zero-order valence-corrected chi connectivity index (χ0v) is 21.4. The number of allylic oxidation sites excluding steroid dienone is 1. The lowest BCUT2D eigenvalue weighted by Crippen LogP contribution is -2.27. The average Bonchev–Trinajstić information content (AvgIpc) is 3.05. The molecule has 0 bridgehead atoms. The molecule has 180 valence electrons. The third-order valence-corrected chi connectivity index (χ3v) is 7.31. The molecule has 2 N–H and O–H groups in total. The molecule has 0 saturated carbocycles. The van der Waals surface area contributed by atoms with Crippen LogP contribution in [-0.2, 0) is 4.79 Å². The smallest absolute Gasteiger partial charge is 0.163 e. The predicted octanol–water partition coefficient (Wildman–Crippen LogP) is 6.45. The number of methoxy groups -OCH3 is 3. The second-order valence-electron chi connectivity index (χ2n) is 8.67. The molecule has 2 unspecified atom stereocenters. The second kappa shape index (κ2) is 9.66. The molecule has 0 amide bonds. The molecule has 1 aliphatic heterocycles. The summed E-state index contributed by atoms with van der Waals surface area (Å²) in [5, 5.41) is 7.20. The third-order valence-electron chi connectivity index (χ3n) is 6.69. The van der Waals surface area contributed by atoms with Gasteiger partial charge in [-0.1, -0.05) is 18.2 Å². The van der Waals surface area contributed by atoms with E-state index >= 15 is 0 Å². The highest BCUT2D eigenvalue weighted by Crippen LogP contribution is 2.46. The zero-order chi connectivity index (χ0) is 24.5. The molecule has 5 rings (SSSR count). The maximum absolute atomic E-state index is 13.8. The minimum Gasteiger partial charge on any atom is -0.497 e. The summed E-state index contributed by atoms with van der Waals surface area (Å²) in [5.41, 5.74) is 5.53. The Morgan fingerprint density at radius 2 is 1.60 bits per heavy atom. The molecule has 0 fully saturated rings. The Hall–Kier alpha value is -3.45. The number of ketones is 1. The Morgan fingerprint density at radius 1 is 0.857 bits per heavy atom. The van der Waals surface area contributed by atoms with Crippen molar-refractivity contribution in [1.82, 2.24) is 0 Å². The lowest BCUT2D eigenvalue weighted by Gasteiger charge is -2.30. The number of nitrogens with one attached hydrogen (secondary N) is 2. The van der Waals surface area contributed by atoms with Crippen molar-refractivity contribution in [3.05, 3.63) is 87.5 Å². The molecule has 3 aromatic rings. The Morgan fingerprint density at radius 3 is 2.31 bits per heavy atom. The standard InChI is InChI=1S/C28H27BrN2O4/c1-33-18-9-11-25(34-2)19(15-18)17-13-23-27(24(32)14-17)28(16-8-10-26(35-3)20(29)12-16)31-22-7-5-4-6-21(22)30-23/h4-12,15,17,28,30-31H,13-14H2,1-3H3. The van der Waals surface area contributed by atoms with Gasteiger partial charge < -0.3 is 24.8 Å². The van der Waals surface area contributed by atoms with Gasteiger partial charge in [-0.05, 0) is 70.4 Å². The van der Waals surface area contributed by atoms with Crippen LogP contribution in [0.1, 0.15) is 35.9 Å². The van der Waals surface area contributed by atoms with Crippen molar-refractivity contribution >= 4 is 33.1 Å². The number of benzene rings is 3. The molecule has 3 aromatic carbocycles. The van der Waals surface area contributed by atoms with Gasteiger partial charge in [0.25, 0.3) is 0 Å². The quantitative estimate of drug-likeness (QED) is 0.391. The van der Waals surface area contributed by atoms with Crippen LogP contribution in [0.3, 0.4) is 0 Å². The molecular weight excluding hydrogens is 508 g/mol. The first-order valence-electron chi connectivity index (χ1n) is 11.5. The number of halogens is 1. The number of hydrogen-bond acceptors (Lipinski definition) is 6. The maximum atomic E-state index is 13.8. The topological polar surface area (TPSA) is 68.8 Å². The maximum Gasteiger partial charge on any atom is 0.163 e. The van der Waals surface area contributed by atoms with Gasteiger partial charge in [0.05, 0.1) is 43.2 Å². The van der Waals surface area contributed by atoms with E-state index in [1.54, 1.807) is 21.3 Å². The highest BCUT2D eigenvalue weighted by molar-refractivity contribution is 9.10. The molecule has 0 aromatic heterocycles. The van der Waals surface area contributed by atoms with Crippen molar-refractivity contribution in [2.75, 3.05) is 32.0 Å². The molecule has 1 heterocycles. The van der Waals surface area contributed by atoms with Crippen LogP contribution in [0.15, 0.2) is 76.4 Å². The zero-order valence-electron chi connectivity index (χ0n) is 19.9. The van der Waals surface area contributed by atoms with Gasteiger partial charge in [-0.25, -0.2) is 0 Å². The van der Waals surface area contributed by atoms with Crippen LogP contribution in [0.5, 0.6) is 17.2 Å². The first-order valence-corrected chi connectivity index (χ1v) is 12.3. The summed E-state index contributed by atoms with van der Waals surface area (Å²) < 4.78 is 17.4. The van der Waals surface area contributed by atoms with Crippen molar-refractivity contribution in [2.24, 2.45) is 0 Å². The Kier molecular flexibility index (Phi) is 6.43. The average molecular weight is 535 g/mol. The molecule has 0 saturated heterocycles. The predicted molar refractivity (Wildman–Crippen MR) is 141 cm³/mol. The first kappa shape index (κ1) is 23.3. The Balaban J connectivity index is 1.61. The molecule has 1 aliphatic carbocycles. The Bertz CT molecular complexity index is 1320. The van der Waals surface area contributed by atoms with Crippen LogP contribution in [0.25, 0.3) is 0 Å². The first-order chi connectivity index (χ1) is 17.0. The van der Waals surface area contributed by atoms with Crippen molar-refractivity contribution in [3.63, 3.8) is 0 Å². The van der Waals surface area contributed by atoms with Crippen molar-refractivity contribution < 1.29 is 19.0 Å². The van der Waals surface area contributed by atoms with Crippen LogP contribution in [0.4, 0.5) is 11.4 Å². The number of carbonyl (C=O) groups is 1. The lowest BCUT2D eigenvalue weighted by molar-refractivity contribution is -0.116. The Labute approximate surface area is 213 Å². The molecular formula is C28H27BrN2O4. The van der Waals surface area contributed by atoms with Crippen molar-refractivity contribution in [3.8, 4) is 17.2 Å². The number of ether oxygens (including phenoxy) is 3. The lowest BCUT2D eigenvalue weighted by atomic mass is 9.78. The van der Waals surface area contributed by atoms with Gasteiger partial charge in [0.15, 0.2) is 5.78 Å². The van der Waals surface area contributed by atoms with E-state index in [1.165, 1.54) is 0 Å². The molecule has 2 aliphatic rings. The van der Waals surface area contributed by atoms with Gasteiger partial charge in [-0.15, -0.1) is 0 Å². The minimum absolute atomic E-state index is 0.0349. The van der Waals surface area contributed by atoms with Crippen molar-refractivity contribution in [2.45, 2.75) is 24.8 Å². The van der Waals surface area contributed by atoms with E-state index in [-0.39, 0.29) is 17.7 Å². The van der Waals surface area contributed by atoms with Crippen LogP contribution < -0.4 is 24.8 Å².